The van der Waals surface area contributed by atoms with Crippen molar-refractivity contribution in [3.63, 3.8) is 0 Å². The molecule has 2 rings (SSSR count). The highest BCUT2D eigenvalue weighted by molar-refractivity contribution is 6.01. The summed E-state index contributed by atoms with van der Waals surface area (Å²) in [6, 6.07) is 12.7. The van der Waals surface area contributed by atoms with Gasteiger partial charge in [-0.25, -0.2) is 5.43 Å². The molecule has 0 aliphatic carbocycles. The highest BCUT2D eigenvalue weighted by Gasteiger charge is 2.17. The molecule has 0 saturated heterocycles. The van der Waals surface area contributed by atoms with Gasteiger partial charge in [-0.1, -0.05) is 43.7 Å². The van der Waals surface area contributed by atoms with E-state index in [2.05, 4.69) is 22.8 Å². The number of nitrogens with zero attached hydrogens (tertiary/aromatic N) is 1. The summed E-state index contributed by atoms with van der Waals surface area (Å²) in [5.74, 6) is 0.210. The van der Waals surface area contributed by atoms with E-state index in [1.54, 1.807) is 0 Å². The summed E-state index contributed by atoms with van der Waals surface area (Å²) in [7, 11) is 4.41. The SMILES string of the molecule is CCCCC(=NNC(=O)CNC(=O)c1cc(OC)c(OC)c(OC)c1)c1ccccc1. The summed E-state index contributed by atoms with van der Waals surface area (Å²) < 4.78 is 15.8. The second kappa shape index (κ2) is 12.2. The molecule has 166 valence electrons. The van der Waals surface area contributed by atoms with Crippen LogP contribution in [0.2, 0.25) is 0 Å². The van der Waals surface area contributed by atoms with Crippen LogP contribution >= 0.6 is 0 Å². The zero-order chi connectivity index (χ0) is 22.6. The lowest BCUT2D eigenvalue weighted by atomic mass is 10.1. The number of rotatable bonds is 11. The van der Waals surface area contributed by atoms with Crippen LogP contribution in [-0.4, -0.2) is 45.4 Å². The Morgan fingerprint density at radius 1 is 0.935 bits per heavy atom. The molecule has 2 aromatic rings. The maximum absolute atomic E-state index is 12.5. The Labute approximate surface area is 182 Å². The lowest BCUT2D eigenvalue weighted by molar-refractivity contribution is -0.120. The molecule has 0 aliphatic rings. The summed E-state index contributed by atoms with van der Waals surface area (Å²) >= 11 is 0. The van der Waals surface area contributed by atoms with Crippen LogP contribution in [0.1, 0.15) is 42.1 Å². The van der Waals surface area contributed by atoms with Gasteiger partial charge in [-0.3, -0.25) is 9.59 Å². The van der Waals surface area contributed by atoms with E-state index in [0.29, 0.717) is 17.2 Å². The molecule has 31 heavy (non-hydrogen) atoms. The van der Waals surface area contributed by atoms with Crippen molar-refractivity contribution in [2.24, 2.45) is 5.10 Å². The van der Waals surface area contributed by atoms with E-state index in [4.69, 9.17) is 14.2 Å². The van der Waals surface area contributed by atoms with Gasteiger partial charge in [0.25, 0.3) is 11.8 Å². The lowest BCUT2D eigenvalue weighted by Crippen LogP contribution is -2.35. The van der Waals surface area contributed by atoms with Gasteiger partial charge in [0.15, 0.2) is 11.5 Å². The molecule has 0 spiro atoms. The number of amides is 2. The standard InChI is InChI=1S/C23H29N3O5/c1-5-6-12-18(16-10-8-7-9-11-16)25-26-21(27)15-24-23(28)17-13-19(29-2)22(31-4)20(14-17)30-3/h7-11,13-14H,5-6,12,15H2,1-4H3,(H,24,28)(H,26,27). The van der Waals surface area contributed by atoms with E-state index < -0.39 is 11.8 Å². The van der Waals surface area contributed by atoms with Gasteiger partial charge >= 0.3 is 0 Å². The first-order valence-corrected chi connectivity index (χ1v) is 10.0. The van der Waals surface area contributed by atoms with Crippen molar-refractivity contribution in [3.8, 4) is 17.2 Å². The Balaban J connectivity index is 2.03. The molecule has 2 aromatic carbocycles. The average molecular weight is 428 g/mol. The Kier molecular flexibility index (Phi) is 9.35. The lowest BCUT2D eigenvalue weighted by Gasteiger charge is -2.14. The number of carbonyl (C=O) groups excluding carboxylic acids is 2. The molecule has 0 radical (unpaired) electrons. The van der Waals surface area contributed by atoms with Crippen molar-refractivity contribution in [1.29, 1.82) is 0 Å². The van der Waals surface area contributed by atoms with Crippen LogP contribution in [0, 0.1) is 0 Å². The third-order valence-electron chi connectivity index (χ3n) is 4.53. The third kappa shape index (κ3) is 6.74. The molecule has 2 N–H and O–H groups in total. The Bertz CT molecular complexity index is 888. The first-order valence-electron chi connectivity index (χ1n) is 10.0. The topological polar surface area (TPSA) is 98.3 Å². The van der Waals surface area contributed by atoms with Gasteiger partial charge in [-0.05, 0) is 30.5 Å². The minimum Gasteiger partial charge on any atom is -0.493 e. The van der Waals surface area contributed by atoms with E-state index in [1.165, 1.54) is 33.5 Å². The summed E-state index contributed by atoms with van der Waals surface area (Å²) in [6.45, 7) is 1.87. The number of hydrogen-bond donors (Lipinski definition) is 2. The molecular weight excluding hydrogens is 398 g/mol. The number of ether oxygens (including phenoxy) is 3. The molecule has 0 heterocycles. The number of hydrazone groups is 1. The van der Waals surface area contributed by atoms with E-state index in [0.717, 1.165) is 30.5 Å². The number of unbranched alkanes of at least 4 members (excludes halogenated alkanes) is 1. The molecule has 0 bridgehead atoms. The summed E-state index contributed by atoms with van der Waals surface area (Å²) in [5, 5.41) is 6.84. The Morgan fingerprint density at radius 3 is 2.13 bits per heavy atom. The van der Waals surface area contributed by atoms with Crippen LogP contribution in [-0.2, 0) is 4.79 Å². The van der Waals surface area contributed by atoms with Crippen molar-refractivity contribution in [2.75, 3.05) is 27.9 Å². The predicted octanol–water partition coefficient (Wildman–Crippen LogP) is 3.15. The highest BCUT2D eigenvalue weighted by atomic mass is 16.5. The molecule has 0 aromatic heterocycles. The van der Waals surface area contributed by atoms with Gasteiger partial charge in [0.05, 0.1) is 33.6 Å². The Morgan fingerprint density at radius 2 is 1.58 bits per heavy atom. The monoisotopic (exact) mass is 427 g/mol. The normalized spacial score (nSPS) is 10.9. The molecule has 0 atom stereocenters. The van der Waals surface area contributed by atoms with Crippen molar-refractivity contribution in [3.05, 3.63) is 53.6 Å². The minimum absolute atomic E-state index is 0.227. The summed E-state index contributed by atoms with van der Waals surface area (Å²) in [6.07, 6.45) is 2.73. The molecule has 2 amide bonds. The number of benzene rings is 2. The Hall–Kier alpha value is -3.55. The molecular formula is C23H29N3O5. The van der Waals surface area contributed by atoms with Gasteiger partial charge < -0.3 is 19.5 Å². The fraction of sp³-hybridized carbons (Fsp3) is 0.348. The quantitative estimate of drug-likeness (QED) is 0.424. The van der Waals surface area contributed by atoms with Crippen LogP contribution in [0.4, 0.5) is 0 Å². The third-order valence-corrected chi connectivity index (χ3v) is 4.53. The van der Waals surface area contributed by atoms with Crippen molar-refractivity contribution in [1.82, 2.24) is 10.7 Å². The maximum Gasteiger partial charge on any atom is 0.259 e. The van der Waals surface area contributed by atoms with Crippen molar-refractivity contribution in [2.45, 2.75) is 26.2 Å². The van der Waals surface area contributed by atoms with E-state index >= 15 is 0 Å². The zero-order valence-corrected chi connectivity index (χ0v) is 18.4. The second-order valence-corrected chi connectivity index (χ2v) is 6.66. The van der Waals surface area contributed by atoms with Gasteiger partial charge in [0.1, 0.15) is 0 Å². The van der Waals surface area contributed by atoms with Crippen LogP contribution in [0.5, 0.6) is 17.2 Å². The van der Waals surface area contributed by atoms with Gasteiger partial charge in [0, 0.05) is 5.56 Å². The fourth-order valence-corrected chi connectivity index (χ4v) is 2.88. The summed E-state index contributed by atoms with van der Waals surface area (Å²) in [5.41, 5.74) is 4.56. The number of methoxy groups -OCH3 is 3. The van der Waals surface area contributed by atoms with Crippen molar-refractivity contribution >= 4 is 17.5 Å². The summed E-state index contributed by atoms with van der Waals surface area (Å²) in [4.78, 5) is 24.7. The molecule has 0 saturated carbocycles. The van der Waals surface area contributed by atoms with Gasteiger partial charge in [-0.2, -0.15) is 5.10 Å². The largest absolute Gasteiger partial charge is 0.493 e. The maximum atomic E-state index is 12.5. The van der Waals surface area contributed by atoms with Gasteiger partial charge in [0.2, 0.25) is 5.75 Å². The first kappa shape index (κ1) is 23.7. The minimum atomic E-state index is -0.451. The fourth-order valence-electron chi connectivity index (χ4n) is 2.88. The first-order chi connectivity index (χ1) is 15.0. The number of carbonyl (C=O) groups is 2. The van der Waals surface area contributed by atoms with Crippen LogP contribution in [0.25, 0.3) is 0 Å². The van der Waals surface area contributed by atoms with Crippen molar-refractivity contribution < 1.29 is 23.8 Å². The van der Waals surface area contributed by atoms with Crippen LogP contribution in [0.15, 0.2) is 47.6 Å². The zero-order valence-electron chi connectivity index (χ0n) is 18.4. The van der Waals surface area contributed by atoms with Crippen LogP contribution in [0.3, 0.4) is 0 Å². The number of nitrogens with one attached hydrogen (secondary N) is 2. The second-order valence-electron chi connectivity index (χ2n) is 6.66. The highest BCUT2D eigenvalue weighted by Crippen LogP contribution is 2.38. The van der Waals surface area contributed by atoms with E-state index in [9.17, 15) is 9.59 Å². The molecule has 8 heteroatoms. The molecule has 0 fully saturated rings. The van der Waals surface area contributed by atoms with E-state index in [1.807, 2.05) is 30.3 Å². The molecule has 0 unspecified atom stereocenters. The van der Waals surface area contributed by atoms with E-state index in [-0.39, 0.29) is 12.1 Å². The molecule has 0 aliphatic heterocycles. The van der Waals surface area contributed by atoms with Crippen LogP contribution < -0.4 is 25.0 Å². The predicted molar refractivity (Wildman–Crippen MR) is 119 cm³/mol. The van der Waals surface area contributed by atoms with Gasteiger partial charge in [-0.15, -0.1) is 0 Å². The average Bonchev–Trinajstić information content (AvgIpc) is 2.81. The number of hydrogen-bond acceptors (Lipinski definition) is 6. The molecule has 8 nitrogen and oxygen atoms in total. The smallest absolute Gasteiger partial charge is 0.259 e.